The first-order valence-electron chi connectivity index (χ1n) is 7.34. The predicted octanol–water partition coefficient (Wildman–Crippen LogP) is 1.00. The van der Waals surface area contributed by atoms with E-state index in [9.17, 15) is 4.79 Å². The lowest BCUT2D eigenvalue weighted by molar-refractivity contribution is 0.173. The Morgan fingerprint density at radius 3 is 2.89 bits per heavy atom. The van der Waals surface area contributed by atoms with Crippen molar-refractivity contribution >= 4 is 6.03 Å². The Kier molecular flexibility index (Phi) is 5.05. The van der Waals surface area contributed by atoms with Crippen molar-refractivity contribution in [3.63, 3.8) is 0 Å². The second-order valence-electron chi connectivity index (χ2n) is 6.22. The van der Waals surface area contributed by atoms with Crippen LogP contribution in [0.25, 0.3) is 0 Å². The maximum Gasteiger partial charge on any atom is 0.317 e. The largest absolute Gasteiger partial charge is 0.381 e. The number of nitrogens with one attached hydrogen (secondary N) is 1. The van der Waals surface area contributed by atoms with E-state index in [-0.39, 0.29) is 12.1 Å². The molecular weight excluding hydrogens is 242 g/mol. The van der Waals surface area contributed by atoms with Crippen molar-refractivity contribution in [1.82, 2.24) is 15.1 Å². The van der Waals surface area contributed by atoms with Crippen LogP contribution in [-0.2, 0) is 4.74 Å². The van der Waals surface area contributed by atoms with E-state index >= 15 is 0 Å². The molecule has 2 fully saturated rings. The maximum absolute atomic E-state index is 12.2. The van der Waals surface area contributed by atoms with E-state index in [4.69, 9.17) is 4.74 Å². The van der Waals surface area contributed by atoms with Gasteiger partial charge in [-0.3, -0.25) is 0 Å². The highest BCUT2D eigenvalue weighted by molar-refractivity contribution is 5.74. The average Bonchev–Trinajstić information content (AvgIpc) is 2.97. The summed E-state index contributed by atoms with van der Waals surface area (Å²) in [4.78, 5) is 16.4. The first-order chi connectivity index (χ1) is 9.06. The summed E-state index contributed by atoms with van der Waals surface area (Å²) in [6.45, 7) is 6.54. The Hall–Kier alpha value is -0.810. The molecule has 0 radical (unpaired) electrons. The molecule has 0 spiro atoms. The van der Waals surface area contributed by atoms with Crippen LogP contribution >= 0.6 is 0 Å². The van der Waals surface area contributed by atoms with E-state index in [1.54, 1.807) is 0 Å². The van der Waals surface area contributed by atoms with Gasteiger partial charge in [0.05, 0.1) is 6.61 Å². The minimum atomic E-state index is 0.0978. The minimum Gasteiger partial charge on any atom is -0.381 e. The van der Waals surface area contributed by atoms with Crippen molar-refractivity contribution in [1.29, 1.82) is 0 Å². The maximum atomic E-state index is 12.2. The van der Waals surface area contributed by atoms with E-state index < -0.39 is 0 Å². The zero-order valence-corrected chi connectivity index (χ0v) is 12.4. The number of nitrogens with zero attached hydrogens (tertiary/aromatic N) is 2. The molecule has 0 saturated carbocycles. The third-order valence-corrected chi connectivity index (χ3v) is 4.22. The van der Waals surface area contributed by atoms with Crippen LogP contribution in [0.5, 0.6) is 0 Å². The van der Waals surface area contributed by atoms with Crippen LogP contribution in [0.1, 0.15) is 19.8 Å². The summed E-state index contributed by atoms with van der Waals surface area (Å²) in [6.07, 6.45) is 2.18. The number of likely N-dealkylation sites (tertiary alicyclic amines) is 1. The van der Waals surface area contributed by atoms with Gasteiger partial charge in [0.15, 0.2) is 0 Å². The predicted molar refractivity (Wildman–Crippen MR) is 75.2 cm³/mol. The Bertz CT molecular complexity index is 303. The molecule has 2 rings (SSSR count). The summed E-state index contributed by atoms with van der Waals surface area (Å²) in [5, 5.41) is 3.13. The zero-order valence-electron chi connectivity index (χ0n) is 12.4. The molecule has 19 heavy (non-hydrogen) atoms. The van der Waals surface area contributed by atoms with Gasteiger partial charge >= 0.3 is 6.03 Å². The van der Waals surface area contributed by atoms with Crippen molar-refractivity contribution in [2.45, 2.75) is 25.8 Å². The van der Waals surface area contributed by atoms with Crippen LogP contribution in [0.15, 0.2) is 0 Å². The number of hydrogen-bond donors (Lipinski definition) is 1. The average molecular weight is 269 g/mol. The summed E-state index contributed by atoms with van der Waals surface area (Å²) in [6, 6.07) is 0.309. The molecule has 0 aromatic heterocycles. The quantitative estimate of drug-likeness (QED) is 0.828. The molecule has 5 heteroatoms. The molecule has 0 aromatic rings. The van der Waals surface area contributed by atoms with Crippen molar-refractivity contribution in [2.75, 3.05) is 46.9 Å². The van der Waals surface area contributed by atoms with E-state index in [0.717, 1.165) is 45.7 Å². The summed E-state index contributed by atoms with van der Waals surface area (Å²) in [7, 11) is 4.18. The fourth-order valence-electron chi connectivity index (χ4n) is 3.03. The van der Waals surface area contributed by atoms with E-state index in [1.165, 1.54) is 0 Å². The molecule has 1 N–H and O–H groups in total. The smallest absolute Gasteiger partial charge is 0.317 e. The molecule has 2 aliphatic heterocycles. The fourth-order valence-corrected chi connectivity index (χ4v) is 3.03. The van der Waals surface area contributed by atoms with Gasteiger partial charge in [-0.2, -0.15) is 0 Å². The molecule has 2 amide bonds. The third kappa shape index (κ3) is 4.08. The van der Waals surface area contributed by atoms with Crippen LogP contribution in [0, 0.1) is 11.8 Å². The molecule has 2 aliphatic rings. The summed E-state index contributed by atoms with van der Waals surface area (Å²) < 4.78 is 5.38. The number of carbonyl (C=O) groups is 1. The molecule has 0 aliphatic carbocycles. The molecule has 5 nitrogen and oxygen atoms in total. The second-order valence-corrected chi connectivity index (χ2v) is 6.22. The third-order valence-electron chi connectivity index (χ3n) is 4.22. The summed E-state index contributed by atoms with van der Waals surface area (Å²) in [5.74, 6) is 1.09. The summed E-state index contributed by atoms with van der Waals surface area (Å²) >= 11 is 0. The number of carbonyl (C=O) groups excluding carboxylic acids is 1. The highest BCUT2D eigenvalue weighted by Crippen LogP contribution is 2.19. The highest BCUT2D eigenvalue weighted by Gasteiger charge is 2.29. The van der Waals surface area contributed by atoms with E-state index in [2.05, 4.69) is 31.2 Å². The number of ether oxygens (including phenoxy) is 1. The van der Waals surface area contributed by atoms with Gasteiger partial charge in [-0.1, -0.05) is 0 Å². The van der Waals surface area contributed by atoms with Crippen LogP contribution < -0.4 is 5.32 Å². The molecule has 0 unspecified atom stereocenters. The van der Waals surface area contributed by atoms with Gasteiger partial charge in [0.1, 0.15) is 0 Å². The van der Waals surface area contributed by atoms with Crippen molar-refractivity contribution < 1.29 is 9.53 Å². The molecule has 0 bridgehead atoms. The first kappa shape index (κ1) is 14.6. The Morgan fingerprint density at radius 1 is 1.47 bits per heavy atom. The van der Waals surface area contributed by atoms with E-state index in [0.29, 0.717) is 11.8 Å². The zero-order chi connectivity index (χ0) is 13.8. The lowest BCUT2D eigenvalue weighted by Crippen LogP contribution is -2.45. The highest BCUT2D eigenvalue weighted by atomic mass is 16.5. The molecular formula is C14H27N3O2. The Labute approximate surface area is 116 Å². The molecule has 3 atom stereocenters. The van der Waals surface area contributed by atoms with Gasteiger partial charge < -0.3 is 19.9 Å². The minimum absolute atomic E-state index is 0.0978. The van der Waals surface area contributed by atoms with Crippen LogP contribution in [0.3, 0.4) is 0 Å². The number of rotatable bonds is 4. The van der Waals surface area contributed by atoms with Crippen LogP contribution in [0.2, 0.25) is 0 Å². The number of urea groups is 1. The molecule has 0 aromatic carbocycles. The van der Waals surface area contributed by atoms with Crippen LogP contribution in [0.4, 0.5) is 4.79 Å². The fraction of sp³-hybridized carbons (Fsp3) is 0.929. The monoisotopic (exact) mass is 269 g/mol. The van der Waals surface area contributed by atoms with Gasteiger partial charge in [0.2, 0.25) is 0 Å². The molecule has 2 heterocycles. The normalized spacial score (nSPS) is 28.9. The van der Waals surface area contributed by atoms with Crippen LogP contribution in [-0.4, -0.2) is 68.8 Å². The number of hydrogen-bond acceptors (Lipinski definition) is 3. The molecule has 2 saturated heterocycles. The van der Waals surface area contributed by atoms with Gasteiger partial charge in [0.25, 0.3) is 0 Å². The van der Waals surface area contributed by atoms with Gasteiger partial charge in [-0.05, 0) is 39.8 Å². The Morgan fingerprint density at radius 2 is 2.26 bits per heavy atom. The first-order valence-corrected chi connectivity index (χ1v) is 7.34. The molecule has 110 valence electrons. The topological polar surface area (TPSA) is 44.8 Å². The Balaban J connectivity index is 1.74. The summed E-state index contributed by atoms with van der Waals surface area (Å²) in [5.41, 5.74) is 0. The standard InChI is InChI=1S/C14H27N3O2/c1-11(13-5-7-19-10-13)15-14(18)17-6-4-12(9-17)8-16(2)3/h11-13H,4-10H2,1-3H3,(H,15,18)/t11-,12+,13-/m0/s1. The van der Waals surface area contributed by atoms with Gasteiger partial charge in [-0.25, -0.2) is 4.79 Å². The van der Waals surface area contributed by atoms with Crippen molar-refractivity contribution in [3.05, 3.63) is 0 Å². The number of amides is 2. The van der Waals surface area contributed by atoms with E-state index in [1.807, 2.05) is 4.90 Å². The van der Waals surface area contributed by atoms with Crippen molar-refractivity contribution in [3.8, 4) is 0 Å². The lowest BCUT2D eigenvalue weighted by Gasteiger charge is -2.24. The van der Waals surface area contributed by atoms with Gasteiger partial charge in [-0.15, -0.1) is 0 Å². The second kappa shape index (κ2) is 6.57. The SMILES string of the molecule is C[C@H](NC(=O)N1CC[C@H](CN(C)C)C1)[C@H]1CCOC1. The van der Waals surface area contributed by atoms with Gasteiger partial charge in [0, 0.05) is 38.2 Å². The van der Waals surface area contributed by atoms with Crippen molar-refractivity contribution in [2.24, 2.45) is 11.8 Å². The lowest BCUT2D eigenvalue weighted by atomic mass is 10.0.